The number of rotatable bonds is 3. The van der Waals surface area contributed by atoms with Crippen molar-refractivity contribution in [3.05, 3.63) is 23.8 Å². The molecule has 1 aliphatic heterocycles. The molecule has 1 amide bonds. The number of nitrogens with one attached hydrogen (secondary N) is 2. The number of phenols is 2. The van der Waals surface area contributed by atoms with Crippen molar-refractivity contribution in [2.24, 2.45) is 5.92 Å². The Bertz CT molecular complexity index is 428. The van der Waals surface area contributed by atoms with Gasteiger partial charge in [-0.05, 0) is 50.0 Å². The average Bonchev–Trinajstić information content (AvgIpc) is 2.40. The summed E-state index contributed by atoms with van der Waals surface area (Å²) in [6.07, 6.45) is 2.10. The fourth-order valence-electron chi connectivity index (χ4n) is 2.12. The van der Waals surface area contributed by atoms with Gasteiger partial charge in [-0.3, -0.25) is 4.79 Å². The molecule has 0 radical (unpaired) electrons. The first-order chi connectivity index (χ1) is 8.66. The SMILES string of the molecule is O=C(NCC1CCNCC1)c1cc(O)ccc1O. The second kappa shape index (κ2) is 5.73. The highest BCUT2D eigenvalue weighted by Gasteiger charge is 2.16. The summed E-state index contributed by atoms with van der Waals surface area (Å²) in [6, 6.07) is 3.93. The Morgan fingerprint density at radius 3 is 2.78 bits per heavy atom. The van der Waals surface area contributed by atoms with E-state index in [0.717, 1.165) is 25.9 Å². The Kier molecular flexibility index (Phi) is 4.04. The van der Waals surface area contributed by atoms with Crippen LogP contribution in [0.25, 0.3) is 0 Å². The number of benzene rings is 1. The molecule has 1 aromatic carbocycles. The molecule has 0 unspecified atom stereocenters. The van der Waals surface area contributed by atoms with Crippen molar-refractivity contribution in [2.45, 2.75) is 12.8 Å². The van der Waals surface area contributed by atoms with Crippen LogP contribution in [-0.4, -0.2) is 35.8 Å². The number of carbonyl (C=O) groups is 1. The molecule has 0 atom stereocenters. The van der Waals surface area contributed by atoms with Gasteiger partial charge >= 0.3 is 0 Å². The summed E-state index contributed by atoms with van der Waals surface area (Å²) < 4.78 is 0. The number of carbonyl (C=O) groups excluding carboxylic acids is 1. The summed E-state index contributed by atoms with van der Waals surface area (Å²) in [5.74, 6) is -0.00740. The Morgan fingerprint density at radius 1 is 1.33 bits per heavy atom. The molecule has 1 heterocycles. The van der Waals surface area contributed by atoms with E-state index < -0.39 is 0 Å². The van der Waals surface area contributed by atoms with E-state index in [9.17, 15) is 15.0 Å². The van der Waals surface area contributed by atoms with Gasteiger partial charge in [0.05, 0.1) is 5.56 Å². The molecule has 1 fully saturated rings. The van der Waals surface area contributed by atoms with Gasteiger partial charge in [-0.1, -0.05) is 0 Å². The molecule has 0 bridgehead atoms. The first-order valence-corrected chi connectivity index (χ1v) is 6.17. The molecule has 5 nitrogen and oxygen atoms in total. The van der Waals surface area contributed by atoms with Crippen molar-refractivity contribution >= 4 is 5.91 Å². The number of amides is 1. The van der Waals surface area contributed by atoms with Crippen LogP contribution < -0.4 is 10.6 Å². The van der Waals surface area contributed by atoms with Crippen molar-refractivity contribution in [1.29, 1.82) is 0 Å². The fraction of sp³-hybridized carbons (Fsp3) is 0.462. The maximum atomic E-state index is 11.9. The zero-order valence-electron chi connectivity index (χ0n) is 10.1. The Hall–Kier alpha value is -1.75. The molecule has 5 heteroatoms. The predicted octanol–water partition coefficient (Wildman–Crippen LogP) is 0.827. The second-order valence-electron chi connectivity index (χ2n) is 4.60. The highest BCUT2D eigenvalue weighted by atomic mass is 16.3. The van der Waals surface area contributed by atoms with E-state index in [1.54, 1.807) is 0 Å². The normalized spacial score (nSPS) is 16.4. The third-order valence-corrected chi connectivity index (χ3v) is 3.23. The number of phenolic OH excluding ortho intramolecular Hbond substituents is 2. The topological polar surface area (TPSA) is 81.6 Å². The average molecular weight is 250 g/mol. The molecular formula is C13H18N2O3. The molecule has 1 saturated heterocycles. The van der Waals surface area contributed by atoms with E-state index in [1.807, 2.05) is 0 Å². The van der Waals surface area contributed by atoms with Gasteiger partial charge in [0.1, 0.15) is 11.5 Å². The molecule has 1 aliphatic rings. The lowest BCUT2D eigenvalue weighted by molar-refractivity contribution is 0.0941. The summed E-state index contributed by atoms with van der Waals surface area (Å²) in [4.78, 5) is 11.9. The van der Waals surface area contributed by atoms with Gasteiger partial charge in [-0.25, -0.2) is 0 Å². The molecule has 0 saturated carbocycles. The third kappa shape index (κ3) is 3.13. The first kappa shape index (κ1) is 12.7. The minimum atomic E-state index is -0.345. The molecule has 0 aliphatic carbocycles. The van der Waals surface area contributed by atoms with Gasteiger partial charge in [0, 0.05) is 6.54 Å². The van der Waals surface area contributed by atoms with Crippen molar-refractivity contribution in [1.82, 2.24) is 10.6 Å². The summed E-state index contributed by atoms with van der Waals surface area (Å²) in [5, 5.41) is 24.9. The lowest BCUT2D eigenvalue weighted by Crippen LogP contribution is -2.35. The number of hydrogen-bond acceptors (Lipinski definition) is 4. The Labute approximate surface area is 106 Å². The van der Waals surface area contributed by atoms with Crippen LogP contribution in [0.3, 0.4) is 0 Å². The molecule has 0 spiro atoms. The molecule has 2 rings (SSSR count). The van der Waals surface area contributed by atoms with Crippen molar-refractivity contribution in [2.75, 3.05) is 19.6 Å². The predicted molar refractivity (Wildman–Crippen MR) is 67.7 cm³/mol. The summed E-state index contributed by atoms with van der Waals surface area (Å²) in [7, 11) is 0. The minimum Gasteiger partial charge on any atom is -0.508 e. The van der Waals surface area contributed by atoms with E-state index in [-0.39, 0.29) is 23.0 Å². The van der Waals surface area contributed by atoms with Gasteiger partial charge in [0.2, 0.25) is 0 Å². The Morgan fingerprint density at radius 2 is 2.06 bits per heavy atom. The van der Waals surface area contributed by atoms with Crippen LogP contribution in [0.1, 0.15) is 23.2 Å². The molecule has 0 aromatic heterocycles. The van der Waals surface area contributed by atoms with Gasteiger partial charge in [-0.2, -0.15) is 0 Å². The monoisotopic (exact) mass is 250 g/mol. The molecule has 98 valence electrons. The van der Waals surface area contributed by atoms with Crippen molar-refractivity contribution in [3.8, 4) is 11.5 Å². The van der Waals surface area contributed by atoms with Gasteiger partial charge in [0.15, 0.2) is 0 Å². The number of piperidine rings is 1. The maximum absolute atomic E-state index is 11.9. The van der Waals surface area contributed by atoms with Crippen LogP contribution in [0.2, 0.25) is 0 Å². The van der Waals surface area contributed by atoms with E-state index in [2.05, 4.69) is 10.6 Å². The van der Waals surface area contributed by atoms with Crippen LogP contribution in [0, 0.1) is 5.92 Å². The van der Waals surface area contributed by atoms with Crippen molar-refractivity contribution in [3.63, 3.8) is 0 Å². The second-order valence-corrected chi connectivity index (χ2v) is 4.60. The Balaban J connectivity index is 1.92. The zero-order chi connectivity index (χ0) is 13.0. The lowest BCUT2D eigenvalue weighted by Gasteiger charge is -2.22. The van der Waals surface area contributed by atoms with E-state index >= 15 is 0 Å². The number of hydrogen-bond donors (Lipinski definition) is 4. The first-order valence-electron chi connectivity index (χ1n) is 6.17. The fourth-order valence-corrected chi connectivity index (χ4v) is 2.12. The van der Waals surface area contributed by atoms with Crippen LogP contribution in [0.5, 0.6) is 11.5 Å². The van der Waals surface area contributed by atoms with Crippen LogP contribution in [-0.2, 0) is 0 Å². The molecule has 4 N–H and O–H groups in total. The molecule has 18 heavy (non-hydrogen) atoms. The van der Waals surface area contributed by atoms with Crippen LogP contribution in [0.4, 0.5) is 0 Å². The van der Waals surface area contributed by atoms with Gasteiger partial charge < -0.3 is 20.8 Å². The summed E-state index contributed by atoms with van der Waals surface area (Å²) in [6.45, 7) is 2.57. The molecule has 1 aromatic rings. The quantitative estimate of drug-likeness (QED) is 0.599. The van der Waals surface area contributed by atoms with E-state index in [4.69, 9.17) is 0 Å². The van der Waals surface area contributed by atoms with E-state index in [0.29, 0.717) is 12.5 Å². The standard InChI is InChI=1S/C13H18N2O3/c16-10-1-2-12(17)11(7-10)13(18)15-8-9-3-5-14-6-4-9/h1-2,7,9,14,16-17H,3-6,8H2,(H,15,18). The summed E-state index contributed by atoms with van der Waals surface area (Å²) in [5.41, 5.74) is 0.115. The van der Waals surface area contributed by atoms with Gasteiger partial charge in [0.25, 0.3) is 5.91 Å². The van der Waals surface area contributed by atoms with Gasteiger partial charge in [-0.15, -0.1) is 0 Å². The number of aromatic hydroxyl groups is 2. The summed E-state index contributed by atoms with van der Waals surface area (Å²) >= 11 is 0. The van der Waals surface area contributed by atoms with Crippen molar-refractivity contribution < 1.29 is 15.0 Å². The maximum Gasteiger partial charge on any atom is 0.255 e. The lowest BCUT2D eigenvalue weighted by atomic mass is 9.98. The van der Waals surface area contributed by atoms with Crippen LogP contribution in [0.15, 0.2) is 18.2 Å². The van der Waals surface area contributed by atoms with Crippen LogP contribution >= 0.6 is 0 Å². The van der Waals surface area contributed by atoms with E-state index in [1.165, 1.54) is 18.2 Å². The largest absolute Gasteiger partial charge is 0.508 e. The molecular weight excluding hydrogens is 232 g/mol. The highest BCUT2D eigenvalue weighted by molar-refractivity contribution is 5.97. The minimum absolute atomic E-state index is 0.0279. The smallest absolute Gasteiger partial charge is 0.255 e. The zero-order valence-corrected chi connectivity index (χ0v) is 10.1. The highest BCUT2D eigenvalue weighted by Crippen LogP contribution is 2.22. The third-order valence-electron chi connectivity index (χ3n) is 3.23.